The highest BCUT2D eigenvalue weighted by molar-refractivity contribution is 5.36. The van der Waals surface area contributed by atoms with Gasteiger partial charge in [0.1, 0.15) is 0 Å². The molecular weight excluding hydrogens is 288 g/mol. The molecule has 0 nitrogen and oxygen atoms in total. The largest absolute Gasteiger partial charge is 0.0945 e. The highest BCUT2D eigenvalue weighted by Crippen LogP contribution is 2.35. The van der Waals surface area contributed by atoms with Gasteiger partial charge in [0.25, 0.3) is 0 Å². The van der Waals surface area contributed by atoms with Gasteiger partial charge in [-0.15, -0.1) is 0 Å². The number of hydrogen-bond acceptors (Lipinski definition) is 0. The topological polar surface area (TPSA) is 0 Å². The molecule has 0 bridgehead atoms. The standard InChI is InChI=1S/C24H28/c1-3-4-20-11-15-23(16-12-20)24-17-13-22(14-18-24)10-9-21-7-5-19(2)6-8-21/h5-8,11-12,15-16,22,24H,3-4,13-14,17-18H2,1-2H3. The molecule has 0 saturated heterocycles. The average molecular weight is 316 g/mol. The van der Waals surface area contributed by atoms with Crippen molar-refractivity contribution >= 4 is 0 Å². The Morgan fingerprint density at radius 3 is 2.17 bits per heavy atom. The quantitative estimate of drug-likeness (QED) is 0.585. The molecule has 0 heterocycles. The molecular formula is C24H28. The third-order valence-electron chi connectivity index (χ3n) is 5.19. The second kappa shape index (κ2) is 8.20. The van der Waals surface area contributed by atoms with Crippen LogP contribution in [0.1, 0.15) is 67.2 Å². The van der Waals surface area contributed by atoms with E-state index in [1.54, 1.807) is 0 Å². The van der Waals surface area contributed by atoms with Crippen molar-refractivity contribution in [2.24, 2.45) is 5.92 Å². The summed E-state index contributed by atoms with van der Waals surface area (Å²) in [6, 6.07) is 17.9. The van der Waals surface area contributed by atoms with E-state index < -0.39 is 0 Å². The second-order valence-electron chi connectivity index (χ2n) is 7.18. The molecule has 24 heavy (non-hydrogen) atoms. The van der Waals surface area contributed by atoms with Crippen molar-refractivity contribution in [1.82, 2.24) is 0 Å². The summed E-state index contributed by atoms with van der Waals surface area (Å²) in [5.41, 5.74) is 5.44. The van der Waals surface area contributed by atoms with Gasteiger partial charge in [-0.1, -0.05) is 67.1 Å². The molecule has 124 valence electrons. The van der Waals surface area contributed by atoms with E-state index in [2.05, 4.69) is 74.2 Å². The van der Waals surface area contributed by atoms with Crippen molar-refractivity contribution in [2.75, 3.05) is 0 Å². The summed E-state index contributed by atoms with van der Waals surface area (Å²) in [4.78, 5) is 0. The van der Waals surface area contributed by atoms with Gasteiger partial charge in [-0.05, 0) is 68.2 Å². The summed E-state index contributed by atoms with van der Waals surface area (Å²) in [7, 11) is 0. The molecule has 1 aliphatic carbocycles. The van der Waals surface area contributed by atoms with Crippen LogP contribution in [0.3, 0.4) is 0 Å². The van der Waals surface area contributed by atoms with Gasteiger partial charge < -0.3 is 0 Å². The number of rotatable bonds is 3. The fraction of sp³-hybridized carbons (Fsp3) is 0.417. The Morgan fingerprint density at radius 2 is 1.54 bits per heavy atom. The van der Waals surface area contributed by atoms with Crippen molar-refractivity contribution in [2.45, 2.75) is 58.3 Å². The SMILES string of the molecule is CCCc1ccc(C2CCC(C#Cc3ccc(C)cc3)CC2)cc1. The molecule has 2 aromatic rings. The maximum atomic E-state index is 3.51. The predicted molar refractivity (Wildman–Crippen MR) is 103 cm³/mol. The van der Waals surface area contributed by atoms with Crippen LogP contribution in [0.4, 0.5) is 0 Å². The number of benzene rings is 2. The molecule has 0 unspecified atom stereocenters. The van der Waals surface area contributed by atoms with Crippen molar-refractivity contribution in [3.8, 4) is 11.8 Å². The first-order valence-electron chi connectivity index (χ1n) is 9.41. The van der Waals surface area contributed by atoms with Gasteiger partial charge in [0.2, 0.25) is 0 Å². The van der Waals surface area contributed by atoms with Crippen LogP contribution in [-0.4, -0.2) is 0 Å². The molecule has 0 atom stereocenters. The second-order valence-corrected chi connectivity index (χ2v) is 7.18. The van der Waals surface area contributed by atoms with Crippen LogP contribution in [0, 0.1) is 24.7 Å². The van der Waals surface area contributed by atoms with Crippen LogP contribution in [0.5, 0.6) is 0 Å². The zero-order valence-electron chi connectivity index (χ0n) is 15.0. The molecule has 0 spiro atoms. The highest BCUT2D eigenvalue weighted by atomic mass is 14.2. The van der Waals surface area contributed by atoms with E-state index in [1.807, 2.05) is 0 Å². The summed E-state index contributed by atoms with van der Waals surface area (Å²) < 4.78 is 0. The van der Waals surface area contributed by atoms with Gasteiger partial charge in [0.05, 0.1) is 0 Å². The molecule has 1 saturated carbocycles. The minimum absolute atomic E-state index is 0.571. The highest BCUT2D eigenvalue weighted by Gasteiger charge is 2.21. The molecule has 0 aromatic heterocycles. The van der Waals surface area contributed by atoms with Crippen LogP contribution >= 0.6 is 0 Å². The molecule has 0 radical (unpaired) electrons. The smallest absolute Gasteiger partial charge is 0.0245 e. The van der Waals surface area contributed by atoms with Gasteiger partial charge >= 0.3 is 0 Å². The Labute approximate surface area is 147 Å². The normalized spacial score (nSPS) is 20.2. The van der Waals surface area contributed by atoms with Crippen LogP contribution in [0.2, 0.25) is 0 Å². The predicted octanol–water partition coefficient (Wildman–Crippen LogP) is 6.27. The third-order valence-corrected chi connectivity index (χ3v) is 5.19. The lowest BCUT2D eigenvalue weighted by atomic mass is 9.78. The Kier molecular flexibility index (Phi) is 5.76. The maximum Gasteiger partial charge on any atom is 0.0245 e. The lowest BCUT2D eigenvalue weighted by Crippen LogP contribution is -2.12. The van der Waals surface area contributed by atoms with Crippen molar-refractivity contribution in [3.63, 3.8) is 0 Å². The van der Waals surface area contributed by atoms with E-state index >= 15 is 0 Å². The third kappa shape index (κ3) is 4.51. The van der Waals surface area contributed by atoms with Crippen LogP contribution in [0.25, 0.3) is 0 Å². The summed E-state index contributed by atoms with van der Waals surface area (Å²) in [6.07, 6.45) is 7.45. The molecule has 0 N–H and O–H groups in total. The Morgan fingerprint density at radius 1 is 0.875 bits per heavy atom. The summed E-state index contributed by atoms with van der Waals surface area (Å²) in [5, 5.41) is 0. The van der Waals surface area contributed by atoms with Gasteiger partial charge in [-0.2, -0.15) is 0 Å². The maximum absolute atomic E-state index is 3.51. The number of aryl methyl sites for hydroxylation is 2. The van der Waals surface area contributed by atoms with E-state index in [0.717, 1.165) is 11.5 Å². The number of hydrogen-bond donors (Lipinski definition) is 0. The van der Waals surface area contributed by atoms with Gasteiger partial charge in [-0.25, -0.2) is 0 Å². The summed E-state index contributed by atoms with van der Waals surface area (Å²) >= 11 is 0. The molecule has 3 rings (SSSR count). The first kappa shape index (κ1) is 16.8. The molecule has 0 heteroatoms. The Bertz CT molecular complexity index is 686. The fourth-order valence-corrected chi connectivity index (χ4v) is 3.64. The van der Waals surface area contributed by atoms with Crippen molar-refractivity contribution in [3.05, 3.63) is 70.8 Å². The first-order valence-corrected chi connectivity index (χ1v) is 9.41. The molecule has 0 amide bonds. The first-order chi connectivity index (χ1) is 11.7. The lowest BCUT2D eigenvalue weighted by molar-refractivity contribution is 0.384. The van der Waals surface area contributed by atoms with Crippen LogP contribution in [0.15, 0.2) is 48.5 Å². The van der Waals surface area contributed by atoms with E-state index in [9.17, 15) is 0 Å². The summed E-state index contributed by atoms with van der Waals surface area (Å²) in [5.74, 6) is 8.18. The van der Waals surface area contributed by atoms with E-state index in [4.69, 9.17) is 0 Å². The minimum atomic E-state index is 0.571. The van der Waals surface area contributed by atoms with Crippen LogP contribution < -0.4 is 0 Å². The molecule has 2 aromatic carbocycles. The van der Waals surface area contributed by atoms with Crippen molar-refractivity contribution in [1.29, 1.82) is 0 Å². The van der Waals surface area contributed by atoms with E-state index in [1.165, 1.54) is 55.2 Å². The van der Waals surface area contributed by atoms with E-state index in [0.29, 0.717) is 5.92 Å². The monoisotopic (exact) mass is 316 g/mol. The van der Waals surface area contributed by atoms with Gasteiger partial charge in [-0.3, -0.25) is 0 Å². The average Bonchev–Trinajstić information content (AvgIpc) is 2.63. The lowest BCUT2D eigenvalue weighted by Gasteiger charge is -2.26. The molecule has 0 aliphatic heterocycles. The Balaban J connectivity index is 1.55. The summed E-state index contributed by atoms with van der Waals surface area (Å²) in [6.45, 7) is 4.36. The van der Waals surface area contributed by atoms with Crippen LogP contribution in [-0.2, 0) is 6.42 Å². The Hall–Kier alpha value is -2.00. The zero-order valence-corrected chi connectivity index (χ0v) is 15.0. The fourth-order valence-electron chi connectivity index (χ4n) is 3.64. The zero-order chi connectivity index (χ0) is 16.8. The van der Waals surface area contributed by atoms with Gasteiger partial charge in [0, 0.05) is 11.5 Å². The molecule has 1 fully saturated rings. The molecule has 1 aliphatic rings. The van der Waals surface area contributed by atoms with Crippen molar-refractivity contribution < 1.29 is 0 Å². The van der Waals surface area contributed by atoms with Gasteiger partial charge in [0.15, 0.2) is 0 Å². The van der Waals surface area contributed by atoms with E-state index in [-0.39, 0.29) is 0 Å². The minimum Gasteiger partial charge on any atom is -0.0945 e.